The minimum absolute atomic E-state index is 0.0738. The molecule has 2 aromatic rings. The highest BCUT2D eigenvalue weighted by Gasteiger charge is 2.35. The van der Waals surface area contributed by atoms with Gasteiger partial charge >= 0.3 is 5.97 Å². The second-order valence-corrected chi connectivity index (χ2v) is 12.2. The van der Waals surface area contributed by atoms with Gasteiger partial charge < -0.3 is 24.8 Å². The minimum atomic E-state index is -0.903. The number of methoxy groups -OCH3 is 1. The van der Waals surface area contributed by atoms with Crippen LogP contribution in [-0.2, 0) is 28.6 Å². The van der Waals surface area contributed by atoms with Gasteiger partial charge in [-0.1, -0.05) is 79.7 Å². The normalized spacial score (nSPS) is 14.9. The van der Waals surface area contributed by atoms with Crippen molar-refractivity contribution in [3.63, 3.8) is 0 Å². The van der Waals surface area contributed by atoms with Gasteiger partial charge in [0.1, 0.15) is 12.6 Å². The van der Waals surface area contributed by atoms with Crippen LogP contribution in [0.3, 0.4) is 0 Å². The number of hydrogen-bond donors (Lipinski definition) is 1. The lowest BCUT2D eigenvalue weighted by Gasteiger charge is -2.39. The molecule has 2 N–H and O–H groups in total. The maximum Gasteiger partial charge on any atom is 0.324 e. The molecule has 1 aliphatic rings. The molecular weight excluding hydrogens is 624 g/mol. The smallest absolute Gasteiger partial charge is 0.324 e. The zero-order valence-electron chi connectivity index (χ0n) is 27.0. The summed E-state index contributed by atoms with van der Waals surface area (Å²) in [5.74, 6) is -0.550. The number of ether oxygens (including phenoxy) is 3. The van der Waals surface area contributed by atoms with E-state index in [0.29, 0.717) is 19.9 Å². The van der Waals surface area contributed by atoms with Crippen molar-refractivity contribution >= 4 is 34.4 Å². The second kappa shape index (κ2) is 21.9. The van der Waals surface area contributed by atoms with Crippen LogP contribution in [0.4, 0.5) is 0 Å². The molecule has 1 saturated heterocycles. The molecule has 3 rings (SSSR count). The van der Waals surface area contributed by atoms with Gasteiger partial charge in [-0.3, -0.25) is 19.4 Å². The predicted molar refractivity (Wildman–Crippen MR) is 177 cm³/mol. The van der Waals surface area contributed by atoms with Gasteiger partial charge in [-0.2, -0.15) is 0 Å². The molecule has 1 fully saturated rings. The van der Waals surface area contributed by atoms with Crippen LogP contribution in [0.25, 0.3) is 0 Å². The highest BCUT2D eigenvalue weighted by atomic mass is 35.5. The SMILES string of the molecule is CC.COC(=O)C(N)C(C)(C)SC(=O)COCCOCN1CCN(C(c2ccccc2)c2ccc(Cl)cc2)CC1.CO[N+](=O)[O-]. The average molecular weight is 671 g/mol. The molecule has 252 valence electrons. The molecule has 0 amide bonds. The van der Waals surface area contributed by atoms with Gasteiger partial charge in [0.25, 0.3) is 5.09 Å². The Bertz CT molecular complexity index is 1140. The maximum atomic E-state index is 12.2. The van der Waals surface area contributed by atoms with Crippen molar-refractivity contribution in [2.24, 2.45) is 5.73 Å². The lowest BCUT2D eigenvalue weighted by molar-refractivity contribution is -0.749. The van der Waals surface area contributed by atoms with Gasteiger partial charge in [0, 0.05) is 35.9 Å². The molecule has 0 spiro atoms. The summed E-state index contributed by atoms with van der Waals surface area (Å²) in [4.78, 5) is 41.1. The number of thioether (sulfide) groups is 1. The van der Waals surface area contributed by atoms with E-state index in [2.05, 4.69) is 55.8 Å². The van der Waals surface area contributed by atoms with Crippen molar-refractivity contribution in [2.45, 2.75) is 44.5 Å². The molecule has 1 heterocycles. The Morgan fingerprint density at radius 1 is 0.978 bits per heavy atom. The monoisotopic (exact) mass is 670 g/mol. The number of hydrogen-bond acceptors (Lipinski definition) is 12. The van der Waals surface area contributed by atoms with Crippen molar-refractivity contribution in [2.75, 3.05) is 67.0 Å². The number of nitrogens with zero attached hydrogens (tertiary/aromatic N) is 3. The first-order valence-electron chi connectivity index (χ1n) is 14.6. The number of nitrogens with two attached hydrogens (primary N) is 1. The van der Waals surface area contributed by atoms with E-state index < -0.39 is 21.8 Å². The molecule has 0 radical (unpaired) electrons. The Kier molecular flexibility index (Phi) is 19.6. The number of halogens is 1. The fourth-order valence-electron chi connectivity index (χ4n) is 4.31. The third-order valence-electron chi connectivity index (χ3n) is 6.67. The fourth-order valence-corrected chi connectivity index (χ4v) is 5.39. The summed E-state index contributed by atoms with van der Waals surface area (Å²) < 4.78 is 15.1. The topological polar surface area (TPSA) is 147 Å². The predicted octanol–water partition coefficient (Wildman–Crippen LogP) is 4.43. The summed E-state index contributed by atoms with van der Waals surface area (Å²) in [7, 11) is 2.27. The third-order valence-corrected chi connectivity index (χ3v) is 8.05. The number of carbonyl (C=O) groups is 2. The number of benzene rings is 2. The van der Waals surface area contributed by atoms with Crippen LogP contribution < -0.4 is 5.73 Å². The van der Waals surface area contributed by atoms with Crippen molar-refractivity contribution in [3.05, 3.63) is 80.9 Å². The van der Waals surface area contributed by atoms with Crippen LogP contribution in [0.15, 0.2) is 54.6 Å². The summed E-state index contributed by atoms with van der Waals surface area (Å²) in [6.07, 6.45) is 0. The van der Waals surface area contributed by atoms with Gasteiger partial charge in [0.2, 0.25) is 5.12 Å². The Hall–Kier alpha value is -2.78. The number of piperazine rings is 1. The summed E-state index contributed by atoms with van der Waals surface area (Å²) in [5.41, 5.74) is 8.38. The van der Waals surface area contributed by atoms with E-state index >= 15 is 0 Å². The Balaban J connectivity index is 0.00000131. The van der Waals surface area contributed by atoms with E-state index in [1.54, 1.807) is 13.8 Å². The average Bonchev–Trinajstić information content (AvgIpc) is 3.05. The lowest BCUT2D eigenvalue weighted by Crippen LogP contribution is -2.48. The molecule has 2 atom stereocenters. The zero-order valence-corrected chi connectivity index (χ0v) is 28.6. The second-order valence-electron chi connectivity index (χ2n) is 10.1. The van der Waals surface area contributed by atoms with Gasteiger partial charge in [0.05, 0.1) is 40.2 Å². The molecule has 2 aromatic carbocycles. The minimum Gasteiger partial charge on any atom is -0.468 e. The van der Waals surface area contributed by atoms with Gasteiger partial charge in [-0.25, -0.2) is 0 Å². The highest BCUT2D eigenvalue weighted by molar-refractivity contribution is 8.14. The van der Waals surface area contributed by atoms with E-state index in [1.165, 1.54) is 18.2 Å². The van der Waals surface area contributed by atoms with E-state index in [4.69, 9.17) is 36.9 Å². The zero-order chi connectivity index (χ0) is 33.8. The Morgan fingerprint density at radius 3 is 2.04 bits per heavy atom. The molecule has 0 aromatic heterocycles. The first kappa shape index (κ1) is 40.2. The van der Waals surface area contributed by atoms with E-state index in [0.717, 1.165) is 50.1 Å². The van der Waals surface area contributed by atoms with Gasteiger partial charge in [0.15, 0.2) is 0 Å². The quantitative estimate of drug-likeness (QED) is 0.131. The Labute approximate surface area is 275 Å². The molecule has 0 bridgehead atoms. The molecule has 0 saturated carbocycles. The molecule has 14 heteroatoms. The van der Waals surface area contributed by atoms with Crippen LogP contribution in [0, 0.1) is 10.1 Å². The molecule has 12 nitrogen and oxygen atoms in total. The summed E-state index contributed by atoms with van der Waals surface area (Å²) in [6.45, 7) is 12.2. The number of esters is 1. The molecule has 0 aliphatic carbocycles. The van der Waals surface area contributed by atoms with E-state index in [-0.39, 0.29) is 17.8 Å². The van der Waals surface area contributed by atoms with Crippen LogP contribution in [0.5, 0.6) is 0 Å². The number of rotatable bonds is 14. The number of carbonyl (C=O) groups excluding carboxylic acids is 2. The maximum absolute atomic E-state index is 12.2. The lowest BCUT2D eigenvalue weighted by atomic mass is 9.96. The van der Waals surface area contributed by atoms with E-state index in [9.17, 15) is 9.59 Å². The van der Waals surface area contributed by atoms with Crippen molar-refractivity contribution in [3.8, 4) is 0 Å². The first-order valence-corrected chi connectivity index (χ1v) is 15.8. The molecule has 2 unspecified atom stereocenters. The summed E-state index contributed by atoms with van der Waals surface area (Å²) in [5, 5.41) is 8.62. The van der Waals surface area contributed by atoms with Crippen LogP contribution in [-0.4, -0.2) is 104 Å². The standard InChI is InChI=1S/C28H38ClN3O5S.C2H6.CH3NO3/c1-28(2,26(30)27(34)35-3)38-24(33)19-36-17-18-37-20-31-13-15-32(16-14-31)25(21-7-5-4-6-8-21)22-9-11-23(29)12-10-22;1-2;1-5-2(3)4/h4-12,25-26H,13-20,30H2,1-3H3;1-2H3;1H3. The molecule has 1 aliphatic heterocycles. The van der Waals surface area contributed by atoms with E-state index in [1.807, 2.05) is 32.0 Å². The highest BCUT2D eigenvalue weighted by Crippen LogP contribution is 2.31. The van der Waals surface area contributed by atoms with Crippen LogP contribution in [0.2, 0.25) is 5.02 Å². The van der Waals surface area contributed by atoms with Gasteiger partial charge in [-0.05, 0) is 37.1 Å². The largest absolute Gasteiger partial charge is 0.468 e. The summed E-state index contributed by atoms with van der Waals surface area (Å²) in [6, 6.07) is 17.9. The Morgan fingerprint density at radius 2 is 1.51 bits per heavy atom. The van der Waals surface area contributed by atoms with Crippen LogP contribution in [0.1, 0.15) is 44.9 Å². The van der Waals surface area contributed by atoms with Crippen molar-refractivity contribution < 1.29 is 33.7 Å². The summed E-state index contributed by atoms with van der Waals surface area (Å²) >= 11 is 7.12. The van der Waals surface area contributed by atoms with Crippen LogP contribution >= 0.6 is 23.4 Å². The first-order chi connectivity index (χ1) is 21.5. The molecule has 45 heavy (non-hydrogen) atoms. The van der Waals surface area contributed by atoms with Crippen molar-refractivity contribution in [1.82, 2.24) is 9.80 Å². The molecular formula is C31H47ClN4O8S. The third kappa shape index (κ3) is 14.9. The fraction of sp³-hybridized carbons (Fsp3) is 0.548. The van der Waals surface area contributed by atoms with Gasteiger partial charge in [-0.15, -0.1) is 10.1 Å². The van der Waals surface area contributed by atoms with Crippen molar-refractivity contribution in [1.29, 1.82) is 0 Å².